The summed E-state index contributed by atoms with van der Waals surface area (Å²) in [6, 6.07) is 12.4. The van der Waals surface area contributed by atoms with Gasteiger partial charge in [-0.2, -0.15) is 0 Å². The zero-order valence-electron chi connectivity index (χ0n) is 14.6. The third-order valence-corrected chi connectivity index (χ3v) is 4.35. The van der Waals surface area contributed by atoms with Crippen LogP contribution in [-0.2, 0) is 4.79 Å². The van der Waals surface area contributed by atoms with Gasteiger partial charge in [0.2, 0.25) is 5.91 Å². The van der Waals surface area contributed by atoms with Gasteiger partial charge in [-0.05, 0) is 43.3 Å². The molecule has 0 radical (unpaired) electrons. The molecule has 0 aliphatic carbocycles. The predicted molar refractivity (Wildman–Crippen MR) is 96.9 cm³/mol. The van der Waals surface area contributed by atoms with Crippen molar-refractivity contribution in [2.45, 2.75) is 13.0 Å². The maximum atomic E-state index is 13.7. The minimum absolute atomic E-state index is 0.0759. The van der Waals surface area contributed by atoms with Crippen molar-refractivity contribution >= 4 is 23.3 Å². The summed E-state index contributed by atoms with van der Waals surface area (Å²) in [5, 5.41) is 2.53. The number of hydrogen-bond donors (Lipinski definition) is 1. The number of methoxy groups -OCH3 is 1. The third-order valence-electron chi connectivity index (χ3n) is 4.35. The molecule has 1 atom stereocenters. The van der Waals surface area contributed by atoms with E-state index in [0.717, 1.165) is 5.69 Å². The second-order valence-electron chi connectivity index (χ2n) is 6.09. The SMILES string of the molecule is COc1ccc(N2C[C@H](C)N(C(=O)Nc3ccccc3F)CC2=O)cc1. The number of amides is 3. The lowest BCUT2D eigenvalue weighted by Crippen LogP contribution is -2.58. The van der Waals surface area contributed by atoms with E-state index in [2.05, 4.69) is 5.32 Å². The molecule has 0 saturated carbocycles. The number of nitrogens with zero attached hydrogens (tertiary/aromatic N) is 2. The van der Waals surface area contributed by atoms with Gasteiger partial charge < -0.3 is 19.9 Å². The Labute approximate surface area is 151 Å². The summed E-state index contributed by atoms with van der Waals surface area (Å²) in [5.74, 6) is -0.00852. The fourth-order valence-electron chi connectivity index (χ4n) is 2.88. The Kier molecular flexibility index (Phi) is 5.06. The predicted octanol–water partition coefficient (Wildman–Crippen LogP) is 3.10. The lowest BCUT2D eigenvalue weighted by atomic mass is 10.1. The van der Waals surface area contributed by atoms with E-state index >= 15 is 0 Å². The van der Waals surface area contributed by atoms with Crippen molar-refractivity contribution in [3.8, 4) is 5.75 Å². The molecule has 1 aliphatic heterocycles. The van der Waals surface area contributed by atoms with Crippen LogP contribution in [-0.4, -0.2) is 43.1 Å². The first-order chi connectivity index (χ1) is 12.5. The van der Waals surface area contributed by atoms with Gasteiger partial charge in [0, 0.05) is 18.3 Å². The van der Waals surface area contributed by atoms with Gasteiger partial charge in [-0.15, -0.1) is 0 Å². The minimum atomic E-state index is -0.517. The lowest BCUT2D eigenvalue weighted by molar-refractivity contribution is -0.121. The Morgan fingerprint density at radius 2 is 1.88 bits per heavy atom. The number of halogens is 1. The number of nitrogens with one attached hydrogen (secondary N) is 1. The van der Waals surface area contributed by atoms with Crippen LogP contribution >= 0.6 is 0 Å². The van der Waals surface area contributed by atoms with E-state index in [1.54, 1.807) is 48.4 Å². The molecule has 1 heterocycles. The number of para-hydroxylation sites is 1. The number of ether oxygens (including phenoxy) is 1. The third kappa shape index (κ3) is 3.61. The van der Waals surface area contributed by atoms with E-state index in [4.69, 9.17) is 4.74 Å². The molecule has 0 unspecified atom stereocenters. The van der Waals surface area contributed by atoms with Crippen molar-refractivity contribution in [2.75, 3.05) is 30.4 Å². The van der Waals surface area contributed by atoms with Crippen molar-refractivity contribution in [1.29, 1.82) is 0 Å². The van der Waals surface area contributed by atoms with Gasteiger partial charge in [0.25, 0.3) is 0 Å². The molecule has 2 aromatic carbocycles. The summed E-state index contributed by atoms with van der Waals surface area (Å²) in [7, 11) is 1.58. The molecule has 6 nitrogen and oxygen atoms in total. The van der Waals surface area contributed by atoms with Crippen LogP contribution in [0.2, 0.25) is 0 Å². The quantitative estimate of drug-likeness (QED) is 0.918. The average Bonchev–Trinajstić information content (AvgIpc) is 2.65. The van der Waals surface area contributed by atoms with Gasteiger partial charge in [0.1, 0.15) is 18.1 Å². The first kappa shape index (κ1) is 17.7. The van der Waals surface area contributed by atoms with Gasteiger partial charge in [0.15, 0.2) is 0 Å². The monoisotopic (exact) mass is 357 g/mol. The molecule has 0 bridgehead atoms. The van der Waals surface area contributed by atoms with Crippen LogP contribution in [0.1, 0.15) is 6.92 Å². The molecule has 0 aromatic heterocycles. The number of anilines is 2. The van der Waals surface area contributed by atoms with E-state index in [0.29, 0.717) is 12.3 Å². The van der Waals surface area contributed by atoms with Crippen molar-refractivity contribution in [3.63, 3.8) is 0 Å². The number of urea groups is 1. The zero-order chi connectivity index (χ0) is 18.7. The largest absolute Gasteiger partial charge is 0.497 e. The zero-order valence-corrected chi connectivity index (χ0v) is 14.6. The van der Waals surface area contributed by atoms with Crippen molar-refractivity contribution in [2.24, 2.45) is 0 Å². The standard InChI is InChI=1S/C19H20FN3O3/c1-13-11-23(14-7-9-15(26-2)10-8-14)18(24)12-22(13)19(25)21-17-6-4-3-5-16(17)20/h3-10,13H,11-12H2,1-2H3,(H,21,25)/t13-/m0/s1. The average molecular weight is 357 g/mol. The highest BCUT2D eigenvalue weighted by Gasteiger charge is 2.33. The maximum Gasteiger partial charge on any atom is 0.322 e. The van der Waals surface area contributed by atoms with E-state index < -0.39 is 11.8 Å². The molecular formula is C19H20FN3O3. The Morgan fingerprint density at radius 3 is 2.54 bits per heavy atom. The summed E-state index contributed by atoms with van der Waals surface area (Å²) in [5.41, 5.74) is 0.839. The number of carbonyl (C=O) groups is 2. The number of carbonyl (C=O) groups excluding carboxylic acids is 2. The van der Waals surface area contributed by atoms with Crippen LogP contribution in [0.4, 0.5) is 20.6 Å². The van der Waals surface area contributed by atoms with Gasteiger partial charge in [-0.25, -0.2) is 9.18 Å². The van der Waals surface area contributed by atoms with Crippen molar-refractivity contribution in [3.05, 3.63) is 54.3 Å². The Morgan fingerprint density at radius 1 is 1.19 bits per heavy atom. The van der Waals surface area contributed by atoms with Crippen LogP contribution in [0.5, 0.6) is 5.75 Å². The molecular weight excluding hydrogens is 337 g/mol. The van der Waals surface area contributed by atoms with E-state index in [-0.39, 0.29) is 24.2 Å². The first-order valence-electron chi connectivity index (χ1n) is 8.26. The molecule has 26 heavy (non-hydrogen) atoms. The smallest absolute Gasteiger partial charge is 0.322 e. The highest BCUT2D eigenvalue weighted by atomic mass is 19.1. The summed E-state index contributed by atoms with van der Waals surface area (Å²) in [6.45, 7) is 2.13. The Hall–Kier alpha value is -3.09. The second-order valence-corrected chi connectivity index (χ2v) is 6.09. The number of hydrogen-bond acceptors (Lipinski definition) is 3. The normalized spacial score (nSPS) is 17.2. The summed E-state index contributed by atoms with van der Waals surface area (Å²) >= 11 is 0. The molecule has 1 N–H and O–H groups in total. The van der Waals surface area contributed by atoms with Crippen LogP contribution in [0, 0.1) is 5.82 Å². The Bertz CT molecular complexity index is 810. The molecule has 7 heteroatoms. The van der Waals surface area contributed by atoms with E-state index in [1.807, 2.05) is 6.92 Å². The molecule has 136 valence electrons. The maximum absolute atomic E-state index is 13.7. The molecule has 1 fully saturated rings. The number of rotatable bonds is 3. The van der Waals surface area contributed by atoms with Crippen molar-refractivity contribution < 1.29 is 18.7 Å². The molecule has 0 spiro atoms. The number of piperazine rings is 1. The Balaban J connectivity index is 1.70. The second kappa shape index (κ2) is 7.43. The molecule has 3 rings (SSSR count). The summed E-state index contributed by atoms with van der Waals surface area (Å²) in [4.78, 5) is 28.0. The van der Waals surface area contributed by atoms with Crippen LogP contribution in [0.15, 0.2) is 48.5 Å². The van der Waals surface area contributed by atoms with Gasteiger partial charge in [-0.3, -0.25) is 4.79 Å². The van der Waals surface area contributed by atoms with Gasteiger partial charge in [0.05, 0.1) is 12.8 Å². The summed E-state index contributed by atoms with van der Waals surface area (Å²) < 4.78 is 18.8. The van der Waals surface area contributed by atoms with Crippen LogP contribution in [0.25, 0.3) is 0 Å². The van der Waals surface area contributed by atoms with Crippen molar-refractivity contribution in [1.82, 2.24) is 4.90 Å². The fraction of sp³-hybridized carbons (Fsp3) is 0.263. The van der Waals surface area contributed by atoms with Crippen LogP contribution < -0.4 is 15.0 Å². The van der Waals surface area contributed by atoms with E-state index in [1.165, 1.54) is 17.0 Å². The first-order valence-corrected chi connectivity index (χ1v) is 8.26. The molecule has 2 aromatic rings. The van der Waals surface area contributed by atoms with E-state index in [9.17, 15) is 14.0 Å². The minimum Gasteiger partial charge on any atom is -0.497 e. The van der Waals surface area contributed by atoms with Crippen LogP contribution in [0.3, 0.4) is 0 Å². The highest BCUT2D eigenvalue weighted by molar-refractivity contribution is 6.00. The topological polar surface area (TPSA) is 61.9 Å². The highest BCUT2D eigenvalue weighted by Crippen LogP contribution is 2.23. The molecule has 1 saturated heterocycles. The number of benzene rings is 2. The van der Waals surface area contributed by atoms with Gasteiger partial charge >= 0.3 is 6.03 Å². The van der Waals surface area contributed by atoms with Gasteiger partial charge in [-0.1, -0.05) is 12.1 Å². The molecule has 3 amide bonds. The summed E-state index contributed by atoms with van der Waals surface area (Å²) in [6.07, 6.45) is 0. The molecule has 1 aliphatic rings. The fourth-order valence-corrected chi connectivity index (χ4v) is 2.88. The lowest BCUT2D eigenvalue weighted by Gasteiger charge is -2.39.